The molecule has 0 saturated heterocycles. The molecule has 1 nitrogen and oxygen atoms in total. The highest BCUT2D eigenvalue weighted by atomic mass is 79.9. The van der Waals surface area contributed by atoms with E-state index in [2.05, 4.69) is 20.9 Å². The molecule has 0 aromatic carbocycles. The van der Waals surface area contributed by atoms with Crippen LogP contribution < -0.4 is 0 Å². The van der Waals surface area contributed by atoms with Crippen LogP contribution in [0.25, 0.3) is 0 Å². The smallest absolute Gasteiger partial charge is 0.0853 e. The Morgan fingerprint density at radius 3 is 2.90 bits per heavy atom. The van der Waals surface area contributed by atoms with Crippen molar-refractivity contribution in [2.24, 2.45) is 0 Å². The van der Waals surface area contributed by atoms with Crippen molar-refractivity contribution in [3.8, 4) is 0 Å². The minimum absolute atomic E-state index is 0.0128. The highest BCUT2D eigenvalue weighted by Crippen LogP contribution is 2.19. The Labute approximate surface area is 73.6 Å². The van der Waals surface area contributed by atoms with Gasteiger partial charge in [-0.1, -0.05) is 22.0 Å². The topological polar surface area (TPSA) is 12.9 Å². The van der Waals surface area contributed by atoms with Crippen LogP contribution in [0.3, 0.4) is 0 Å². The van der Waals surface area contributed by atoms with Gasteiger partial charge >= 0.3 is 0 Å². The normalized spacial score (nSPS) is 13.0. The third kappa shape index (κ3) is 1.96. The number of pyridine rings is 1. The van der Waals surface area contributed by atoms with Crippen molar-refractivity contribution in [2.75, 3.05) is 5.33 Å². The zero-order valence-corrected chi connectivity index (χ0v) is 7.64. The summed E-state index contributed by atoms with van der Waals surface area (Å²) >= 11 is 9.16. The van der Waals surface area contributed by atoms with Crippen molar-refractivity contribution in [3.63, 3.8) is 0 Å². The summed E-state index contributed by atoms with van der Waals surface area (Å²) < 4.78 is 0. The average Bonchev–Trinajstić information content (AvgIpc) is 2.05. The first-order valence-corrected chi connectivity index (χ1v) is 4.51. The molecule has 0 fully saturated rings. The molecule has 10 heavy (non-hydrogen) atoms. The van der Waals surface area contributed by atoms with Crippen LogP contribution in [0.1, 0.15) is 11.1 Å². The summed E-state index contributed by atoms with van der Waals surface area (Å²) in [5.41, 5.74) is 0.918. The van der Waals surface area contributed by atoms with E-state index < -0.39 is 0 Å². The van der Waals surface area contributed by atoms with E-state index in [0.29, 0.717) is 0 Å². The van der Waals surface area contributed by atoms with Crippen molar-refractivity contribution in [1.29, 1.82) is 0 Å². The lowest BCUT2D eigenvalue weighted by Gasteiger charge is -2.01. The second kappa shape index (κ2) is 3.94. The second-order valence-electron chi connectivity index (χ2n) is 1.88. The summed E-state index contributed by atoms with van der Waals surface area (Å²) in [6, 6.07) is 5.72. The van der Waals surface area contributed by atoms with Crippen LogP contribution in [0.15, 0.2) is 24.4 Å². The van der Waals surface area contributed by atoms with E-state index in [1.165, 1.54) is 0 Å². The van der Waals surface area contributed by atoms with Gasteiger partial charge in [-0.2, -0.15) is 0 Å². The molecule has 0 saturated carbocycles. The third-order valence-electron chi connectivity index (χ3n) is 1.14. The fraction of sp³-hybridized carbons (Fsp3) is 0.286. The zero-order valence-electron chi connectivity index (χ0n) is 5.30. The van der Waals surface area contributed by atoms with Crippen molar-refractivity contribution in [2.45, 2.75) is 5.38 Å². The van der Waals surface area contributed by atoms with Gasteiger partial charge in [-0.3, -0.25) is 4.98 Å². The van der Waals surface area contributed by atoms with E-state index >= 15 is 0 Å². The maximum atomic E-state index is 5.88. The molecule has 1 aromatic rings. The van der Waals surface area contributed by atoms with Crippen LogP contribution in [0, 0.1) is 0 Å². The molecule has 1 unspecified atom stereocenters. The number of halogens is 2. The van der Waals surface area contributed by atoms with Crippen molar-refractivity contribution < 1.29 is 0 Å². The Kier molecular flexibility index (Phi) is 3.16. The van der Waals surface area contributed by atoms with E-state index in [9.17, 15) is 0 Å². The van der Waals surface area contributed by atoms with E-state index in [1.807, 2.05) is 18.2 Å². The quantitative estimate of drug-likeness (QED) is 0.699. The number of rotatable bonds is 2. The molecule has 1 atom stereocenters. The van der Waals surface area contributed by atoms with E-state index in [-0.39, 0.29) is 5.38 Å². The van der Waals surface area contributed by atoms with E-state index in [0.717, 1.165) is 11.0 Å². The van der Waals surface area contributed by atoms with Gasteiger partial charge in [0.25, 0.3) is 0 Å². The highest BCUT2D eigenvalue weighted by Gasteiger charge is 2.04. The Morgan fingerprint density at radius 2 is 2.40 bits per heavy atom. The van der Waals surface area contributed by atoms with Gasteiger partial charge in [-0.15, -0.1) is 11.6 Å². The van der Waals surface area contributed by atoms with Crippen LogP contribution in [0.2, 0.25) is 0 Å². The summed E-state index contributed by atoms with van der Waals surface area (Å²) in [5, 5.41) is 0.729. The SMILES string of the molecule is ClC(CBr)c1ccccn1. The van der Waals surface area contributed by atoms with Gasteiger partial charge in [0, 0.05) is 11.5 Å². The van der Waals surface area contributed by atoms with Crippen molar-refractivity contribution in [3.05, 3.63) is 30.1 Å². The predicted octanol–water partition coefficient (Wildman–Crippen LogP) is 2.76. The molecule has 0 aliphatic carbocycles. The van der Waals surface area contributed by atoms with Gasteiger partial charge < -0.3 is 0 Å². The molecular weight excluding hydrogens is 213 g/mol. The molecule has 1 aromatic heterocycles. The Balaban J connectivity index is 2.75. The molecule has 54 valence electrons. The minimum atomic E-state index is -0.0128. The number of aromatic nitrogens is 1. The lowest BCUT2D eigenvalue weighted by molar-refractivity contribution is 1.01. The van der Waals surface area contributed by atoms with Crippen molar-refractivity contribution in [1.82, 2.24) is 4.98 Å². The lowest BCUT2D eigenvalue weighted by atomic mass is 10.3. The van der Waals surface area contributed by atoms with Crippen LogP contribution in [0.5, 0.6) is 0 Å². The minimum Gasteiger partial charge on any atom is -0.260 e. The van der Waals surface area contributed by atoms with Gasteiger partial charge in [0.15, 0.2) is 0 Å². The zero-order chi connectivity index (χ0) is 7.40. The fourth-order valence-corrected chi connectivity index (χ4v) is 1.10. The van der Waals surface area contributed by atoms with Crippen LogP contribution in [-0.2, 0) is 0 Å². The third-order valence-corrected chi connectivity index (χ3v) is 2.54. The Morgan fingerprint density at radius 1 is 1.60 bits per heavy atom. The molecule has 0 radical (unpaired) electrons. The molecule has 0 spiro atoms. The summed E-state index contributed by atoms with van der Waals surface area (Å²) in [7, 11) is 0. The lowest BCUT2D eigenvalue weighted by Crippen LogP contribution is -1.93. The first kappa shape index (κ1) is 8.02. The summed E-state index contributed by atoms with van der Waals surface area (Å²) in [6.45, 7) is 0. The number of alkyl halides is 2. The van der Waals surface area contributed by atoms with E-state index in [4.69, 9.17) is 11.6 Å². The van der Waals surface area contributed by atoms with Crippen molar-refractivity contribution >= 4 is 27.5 Å². The van der Waals surface area contributed by atoms with Gasteiger partial charge in [-0.05, 0) is 12.1 Å². The van der Waals surface area contributed by atoms with Crippen LogP contribution in [-0.4, -0.2) is 10.3 Å². The number of nitrogens with zero attached hydrogens (tertiary/aromatic N) is 1. The maximum absolute atomic E-state index is 5.88. The molecule has 1 heterocycles. The molecule has 0 bridgehead atoms. The maximum Gasteiger partial charge on any atom is 0.0853 e. The molecule has 0 aliphatic rings. The number of hydrogen-bond donors (Lipinski definition) is 0. The monoisotopic (exact) mass is 219 g/mol. The van der Waals surface area contributed by atoms with Crippen LogP contribution in [0.4, 0.5) is 0 Å². The molecule has 3 heteroatoms. The summed E-state index contributed by atoms with van der Waals surface area (Å²) in [4.78, 5) is 4.09. The summed E-state index contributed by atoms with van der Waals surface area (Å²) in [5.74, 6) is 0. The van der Waals surface area contributed by atoms with Gasteiger partial charge in [-0.25, -0.2) is 0 Å². The highest BCUT2D eigenvalue weighted by molar-refractivity contribution is 9.09. The standard InChI is InChI=1S/C7H7BrClN/c8-5-6(9)7-3-1-2-4-10-7/h1-4,6H,5H2. The first-order valence-electron chi connectivity index (χ1n) is 2.95. The molecule has 0 aliphatic heterocycles. The molecular formula is C7H7BrClN. The molecule has 1 rings (SSSR count). The Bertz CT molecular complexity index is 190. The van der Waals surface area contributed by atoms with Gasteiger partial charge in [0.2, 0.25) is 0 Å². The first-order chi connectivity index (χ1) is 4.84. The predicted molar refractivity (Wildman–Crippen MR) is 46.6 cm³/mol. The number of hydrogen-bond acceptors (Lipinski definition) is 1. The fourth-order valence-electron chi connectivity index (χ4n) is 0.640. The second-order valence-corrected chi connectivity index (χ2v) is 3.05. The largest absolute Gasteiger partial charge is 0.260 e. The van der Waals surface area contributed by atoms with Gasteiger partial charge in [0.05, 0.1) is 11.1 Å². The summed E-state index contributed by atoms with van der Waals surface area (Å²) in [6.07, 6.45) is 1.74. The Hall–Kier alpha value is -0.0800. The van der Waals surface area contributed by atoms with E-state index in [1.54, 1.807) is 6.20 Å². The van der Waals surface area contributed by atoms with Crippen LogP contribution >= 0.6 is 27.5 Å². The molecule has 0 N–H and O–H groups in total. The average molecular weight is 220 g/mol. The molecule has 0 amide bonds. The van der Waals surface area contributed by atoms with Gasteiger partial charge in [0.1, 0.15) is 0 Å².